The Labute approximate surface area is 366 Å². The van der Waals surface area contributed by atoms with Gasteiger partial charge in [-0.1, -0.05) is 39.8 Å². The summed E-state index contributed by atoms with van der Waals surface area (Å²) < 4.78 is 36.5. The summed E-state index contributed by atoms with van der Waals surface area (Å²) in [6.07, 6.45) is -0.0598. The first-order valence-electron chi connectivity index (χ1n) is 22.1. The number of aliphatic hydroxyl groups is 1. The van der Waals surface area contributed by atoms with E-state index in [4.69, 9.17) is 28.4 Å². The van der Waals surface area contributed by atoms with Crippen LogP contribution in [0.25, 0.3) is 10.9 Å². The van der Waals surface area contributed by atoms with E-state index in [1.54, 1.807) is 54.8 Å². The molecule has 2 aromatic rings. The molecule has 2 N–H and O–H groups in total. The van der Waals surface area contributed by atoms with E-state index in [0.29, 0.717) is 31.4 Å². The number of likely N-dealkylation sites (N-methyl/N-ethyl adjacent to an activating group) is 1. The van der Waals surface area contributed by atoms with Crippen LogP contribution in [0.4, 0.5) is 0 Å². The number of para-hydroxylation sites is 1. The molecular weight excluding hydrogens is 799 g/mol. The zero-order valence-corrected chi connectivity index (χ0v) is 38.6. The molecule has 3 aliphatic heterocycles. The van der Waals surface area contributed by atoms with Crippen LogP contribution in [-0.2, 0) is 54.1 Å². The molecule has 14 atom stereocenters. The third-order valence-corrected chi connectivity index (χ3v) is 13.7. The molecule has 0 radical (unpaired) electrons. The lowest BCUT2D eigenvalue weighted by atomic mass is 9.69. The van der Waals surface area contributed by atoms with Gasteiger partial charge in [0.15, 0.2) is 17.7 Å². The largest absolute Gasteiger partial charge is 0.494 e. The number of benzene rings is 1. The number of Topliss-reactive ketones (excluding diaryl/α,β-unsaturated/α-hetero) is 2. The Morgan fingerprint density at radius 1 is 1.00 bits per heavy atom. The smallest absolute Gasteiger partial charge is 0.329 e. The summed E-state index contributed by atoms with van der Waals surface area (Å²) in [5.41, 5.74) is -1.07. The lowest BCUT2D eigenvalue weighted by Crippen LogP contribution is -2.59. The maximum Gasteiger partial charge on any atom is 0.329 e. The van der Waals surface area contributed by atoms with Gasteiger partial charge in [-0.15, -0.1) is 0 Å². The fraction of sp³-hybridized carbons (Fsp3) is 0.702. The van der Waals surface area contributed by atoms with E-state index in [-0.39, 0.29) is 43.1 Å². The molecule has 0 bridgehead atoms. The van der Waals surface area contributed by atoms with E-state index in [2.05, 4.69) is 16.4 Å². The highest BCUT2D eigenvalue weighted by Crippen LogP contribution is 2.45. The maximum absolute atomic E-state index is 14.7. The van der Waals surface area contributed by atoms with Crippen LogP contribution < -0.4 is 10.1 Å². The Morgan fingerprint density at radius 2 is 1.71 bits per heavy atom. The Morgan fingerprint density at radius 3 is 2.35 bits per heavy atom. The van der Waals surface area contributed by atoms with E-state index < -0.39 is 89.2 Å². The number of aromatic nitrogens is 1. The van der Waals surface area contributed by atoms with Crippen LogP contribution >= 0.6 is 0 Å². The molecule has 1 unspecified atom stereocenters. The number of pyridine rings is 1. The standard InChI is InChI=1S/C47H69N3O12/c1-13-34-47(8)36(38(44(56)62-47)49-35(51)20-15-14-17-30-22-31-18-16-19-33(57-11)37(31)48-24-30)27(4)39(52)25(2)23-46(7,58-12)42(28(5)40(53)29(6)43(55)60-34)61-45-41(54)32(50(9)10)21-26(3)59-45/h16,18-19,22,24-29,32,34,36,38,41-42,45,54H,13-15,17,20-21,23H2,1-12H3,(H,49,51)/t25-,26-,27-,28+,29-,32+,34-,36+,38?,41-,42-,45+,46-,47-/m1/s1. The average Bonchev–Trinajstić information content (AvgIpc) is 3.50. The zero-order chi connectivity index (χ0) is 45.8. The summed E-state index contributed by atoms with van der Waals surface area (Å²) in [5.74, 6) is -6.84. The number of ether oxygens (including phenoxy) is 6. The van der Waals surface area contributed by atoms with Gasteiger partial charge in [0, 0.05) is 54.8 Å². The van der Waals surface area contributed by atoms with Gasteiger partial charge in [-0.3, -0.25) is 24.2 Å². The number of carbonyl (C=O) groups is 5. The normalized spacial score (nSPS) is 36.2. The van der Waals surface area contributed by atoms with Crippen molar-refractivity contribution in [3.8, 4) is 5.75 Å². The minimum Gasteiger partial charge on any atom is -0.494 e. The van der Waals surface area contributed by atoms with Crippen LogP contribution in [0.5, 0.6) is 5.75 Å². The van der Waals surface area contributed by atoms with Crippen LogP contribution in [-0.4, -0.2) is 127 Å². The SMILES string of the molecule is CC[C@H]1OC(=O)[C@H](C)C(=O)[C@H](C)[C@@H](O[C@@H]2O[C@H](C)C[C@H](N(C)C)[C@H]2O)[C@](C)(OC)C[C@@H](C)C(=O)[C@H](C)[C@H]2C(NC(=O)CCCCc3cnc4c(OC)cccc4c3)C(=O)O[C@@]21C. The number of aliphatic hydroxyl groups excluding tert-OH is 1. The second kappa shape index (κ2) is 20.2. The number of nitrogens with one attached hydrogen (secondary N) is 1. The molecule has 4 heterocycles. The molecule has 3 aliphatic rings. The predicted octanol–water partition coefficient (Wildman–Crippen LogP) is 5.00. The fourth-order valence-corrected chi connectivity index (χ4v) is 10.1. The highest BCUT2D eigenvalue weighted by atomic mass is 16.7. The fourth-order valence-electron chi connectivity index (χ4n) is 10.1. The van der Waals surface area contributed by atoms with Crippen molar-refractivity contribution in [2.24, 2.45) is 29.6 Å². The number of hydrogen-bond acceptors (Lipinski definition) is 14. The molecule has 5 rings (SSSR count). The molecule has 0 spiro atoms. The first-order valence-corrected chi connectivity index (χ1v) is 22.1. The summed E-state index contributed by atoms with van der Waals surface area (Å²) in [6.45, 7) is 13.6. The minimum atomic E-state index is -1.54. The zero-order valence-electron chi connectivity index (χ0n) is 38.6. The van der Waals surface area contributed by atoms with Crippen LogP contribution in [0.1, 0.15) is 99.5 Å². The van der Waals surface area contributed by atoms with Gasteiger partial charge >= 0.3 is 11.9 Å². The van der Waals surface area contributed by atoms with Gasteiger partial charge in [0.05, 0.1) is 24.9 Å². The molecule has 15 nitrogen and oxygen atoms in total. The van der Waals surface area contributed by atoms with E-state index in [9.17, 15) is 29.1 Å². The van der Waals surface area contributed by atoms with Crippen molar-refractivity contribution in [2.75, 3.05) is 28.3 Å². The predicted molar refractivity (Wildman–Crippen MR) is 230 cm³/mol. The number of cyclic esters (lactones) is 1. The van der Waals surface area contributed by atoms with Gasteiger partial charge in [-0.2, -0.15) is 0 Å². The number of aryl methyl sites for hydroxylation is 1. The lowest BCUT2D eigenvalue weighted by molar-refractivity contribution is -0.295. The first kappa shape index (κ1) is 49.0. The Kier molecular flexibility index (Phi) is 16.0. The number of carbonyl (C=O) groups excluding carboxylic acids is 5. The first-order chi connectivity index (χ1) is 29.2. The van der Waals surface area contributed by atoms with Gasteiger partial charge in [0.1, 0.15) is 41.2 Å². The van der Waals surface area contributed by atoms with Crippen molar-refractivity contribution in [3.05, 3.63) is 36.0 Å². The Bertz CT molecular complexity index is 1940. The highest BCUT2D eigenvalue weighted by molar-refractivity contribution is 6.00. The summed E-state index contributed by atoms with van der Waals surface area (Å²) in [5, 5.41) is 15.3. The molecule has 62 heavy (non-hydrogen) atoms. The van der Waals surface area contributed by atoms with Crippen molar-refractivity contribution < 1.29 is 57.5 Å². The molecule has 0 aliphatic carbocycles. The summed E-state index contributed by atoms with van der Waals surface area (Å²) in [6, 6.07) is 6.27. The molecule has 3 saturated heterocycles. The minimum absolute atomic E-state index is 0.0655. The Hall–Kier alpha value is -4.02. The van der Waals surface area contributed by atoms with Crippen molar-refractivity contribution in [2.45, 2.75) is 154 Å². The topological polar surface area (TPSA) is 189 Å². The maximum atomic E-state index is 14.7. The van der Waals surface area contributed by atoms with Gasteiger partial charge in [0.2, 0.25) is 5.91 Å². The van der Waals surface area contributed by atoms with Crippen molar-refractivity contribution in [3.63, 3.8) is 0 Å². The number of rotatable bonds is 12. The number of unbranched alkanes of at least 4 members (excludes halogenated alkanes) is 1. The third-order valence-electron chi connectivity index (χ3n) is 13.7. The number of nitrogens with zero attached hydrogens (tertiary/aromatic N) is 2. The van der Waals surface area contributed by atoms with Gasteiger partial charge < -0.3 is 43.7 Å². The molecular formula is C47H69N3O12. The van der Waals surface area contributed by atoms with E-state index in [1.165, 1.54) is 14.0 Å². The van der Waals surface area contributed by atoms with Crippen LogP contribution in [0.15, 0.2) is 30.5 Å². The van der Waals surface area contributed by atoms with Gasteiger partial charge in [0.25, 0.3) is 0 Å². The van der Waals surface area contributed by atoms with Crippen molar-refractivity contribution in [1.29, 1.82) is 0 Å². The number of ketones is 2. The average molecular weight is 868 g/mol. The van der Waals surface area contributed by atoms with Crippen LogP contribution in [0.2, 0.25) is 0 Å². The number of hydrogen-bond donors (Lipinski definition) is 2. The second-order valence-corrected chi connectivity index (χ2v) is 18.4. The van der Waals surface area contributed by atoms with Gasteiger partial charge in [-0.05, 0) is 98.0 Å². The van der Waals surface area contributed by atoms with Crippen molar-refractivity contribution >= 4 is 40.3 Å². The van der Waals surface area contributed by atoms with E-state index >= 15 is 0 Å². The van der Waals surface area contributed by atoms with Crippen LogP contribution in [0, 0.1) is 29.6 Å². The summed E-state index contributed by atoms with van der Waals surface area (Å²) in [7, 11) is 6.79. The van der Waals surface area contributed by atoms with Crippen LogP contribution in [0.3, 0.4) is 0 Å². The number of methoxy groups -OCH3 is 2. The molecule has 0 saturated carbocycles. The number of amides is 1. The molecule has 3 fully saturated rings. The lowest BCUT2D eigenvalue weighted by Gasteiger charge is -2.47. The monoisotopic (exact) mass is 867 g/mol. The van der Waals surface area contributed by atoms with E-state index in [0.717, 1.165) is 16.5 Å². The van der Waals surface area contributed by atoms with E-state index in [1.807, 2.05) is 44.1 Å². The molecule has 1 aromatic heterocycles. The quantitative estimate of drug-likeness (QED) is 0.165. The number of fused-ring (bicyclic) bond motifs is 2. The number of esters is 2. The molecule has 1 aromatic carbocycles. The molecule has 15 heteroatoms. The molecule has 1 amide bonds. The Balaban J connectivity index is 1.40. The third kappa shape index (κ3) is 10.2. The highest BCUT2D eigenvalue weighted by Gasteiger charge is 2.62. The van der Waals surface area contributed by atoms with Crippen molar-refractivity contribution in [1.82, 2.24) is 15.2 Å². The van der Waals surface area contributed by atoms with Gasteiger partial charge in [-0.25, -0.2) is 4.79 Å². The summed E-state index contributed by atoms with van der Waals surface area (Å²) in [4.78, 5) is 77.0. The molecule has 344 valence electrons. The summed E-state index contributed by atoms with van der Waals surface area (Å²) >= 11 is 0. The second-order valence-electron chi connectivity index (χ2n) is 18.4.